The van der Waals surface area contributed by atoms with Gasteiger partial charge in [-0.25, -0.2) is 4.79 Å². The van der Waals surface area contributed by atoms with Gasteiger partial charge >= 0.3 is 23.9 Å². The molecule has 1 aromatic rings. The van der Waals surface area contributed by atoms with Crippen LogP contribution < -0.4 is 10.1 Å². The van der Waals surface area contributed by atoms with Gasteiger partial charge < -0.3 is 44.9 Å². The highest BCUT2D eigenvalue weighted by atomic mass is 16.6. The summed E-state index contributed by atoms with van der Waals surface area (Å²) in [5.41, 5.74) is -0.838. The number of aliphatic carboxylic acids is 2. The van der Waals surface area contributed by atoms with Crippen molar-refractivity contribution in [3.05, 3.63) is 35.1 Å². The predicted octanol–water partition coefficient (Wildman–Crippen LogP) is 0.741. The minimum absolute atomic E-state index is 0.0949. The highest BCUT2D eigenvalue weighted by Gasteiger charge is 2.69. The summed E-state index contributed by atoms with van der Waals surface area (Å²) in [6, 6.07) is 1.25. The molecular formula is C29H36N2O12. The lowest BCUT2D eigenvalue weighted by molar-refractivity contribution is -0.163. The average molecular weight is 605 g/mol. The molecule has 0 saturated carbocycles. The first-order chi connectivity index (χ1) is 20.1. The zero-order valence-corrected chi connectivity index (χ0v) is 24.3. The first-order valence-electron chi connectivity index (χ1n) is 13.9. The van der Waals surface area contributed by atoms with Crippen molar-refractivity contribution in [2.75, 3.05) is 13.6 Å². The van der Waals surface area contributed by atoms with E-state index < -0.39 is 78.3 Å². The van der Waals surface area contributed by atoms with Gasteiger partial charge in [-0.3, -0.25) is 19.2 Å². The number of amides is 1. The maximum atomic E-state index is 12.9. The van der Waals surface area contributed by atoms with Gasteiger partial charge in [-0.2, -0.15) is 0 Å². The number of aromatic hydroxyl groups is 1. The molecule has 43 heavy (non-hydrogen) atoms. The van der Waals surface area contributed by atoms with Crippen LogP contribution in [0.1, 0.15) is 57.1 Å². The Bertz CT molecular complexity index is 1380. The lowest BCUT2D eigenvalue weighted by atomic mass is 9.54. The fraction of sp³-hybridized carbons (Fsp3) is 0.552. The number of hydrogen-bond acceptors (Lipinski definition) is 11. The maximum Gasteiger partial charge on any atom is 0.326 e. The average Bonchev–Trinajstić information content (AvgIpc) is 3.30. The van der Waals surface area contributed by atoms with Crippen molar-refractivity contribution in [2.45, 2.75) is 88.2 Å². The molecule has 6 atom stereocenters. The van der Waals surface area contributed by atoms with Crippen LogP contribution in [0.15, 0.2) is 24.0 Å². The van der Waals surface area contributed by atoms with Crippen molar-refractivity contribution < 1.29 is 58.6 Å². The number of fused-ring (bicyclic) bond motifs is 1. The van der Waals surface area contributed by atoms with E-state index in [2.05, 4.69) is 0 Å². The highest BCUT2D eigenvalue weighted by molar-refractivity contribution is 5.90. The normalized spacial score (nSPS) is 27.2. The summed E-state index contributed by atoms with van der Waals surface area (Å²) in [6.07, 6.45) is -1.94. The van der Waals surface area contributed by atoms with Crippen LogP contribution in [-0.2, 0) is 38.9 Å². The largest absolute Gasteiger partial charge is 0.504 e. The number of carbonyl (C=O) groups excluding carboxylic acids is 3. The van der Waals surface area contributed by atoms with E-state index in [4.69, 9.17) is 24.4 Å². The van der Waals surface area contributed by atoms with Crippen molar-refractivity contribution in [3.8, 4) is 11.5 Å². The number of nitrogens with one attached hydrogen (secondary N) is 1. The van der Waals surface area contributed by atoms with Crippen LogP contribution >= 0.6 is 0 Å². The van der Waals surface area contributed by atoms with Crippen molar-refractivity contribution in [3.63, 3.8) is 0 Å². The number of aryl methyl sites for hydroxylation is 1. The second-order valence-corrected chi connectivity index (χ2v) is 11.3. The lowest BCUT2D eigenvalue weighted by Crippen LogP contribution is -2.71. The summed E-state index contributed by atoms with van der Waals surface area (Å²) in [5.74, 6) is -5.47. The van der Waals surface area contributed by atoms with E-state index in [1.54, 1.807) is 12.1 Å². The predicted molar refractivity (Wildman–Crippen MR) is 146 cm³/mol. The van der Waals surface area contributed by atoms with Crippen LogP contribution in [0.2, 0.25) is 0 Å². The van der Waals surface area contributed by atoms with E-state index in [9.17, 15) is 34.2 Å². The molecule has 14 nitrogen and oxygen atoms in total. The molecule has 14 heteroatoms. The number of phenols is 1. The van der Waals surface area contributed by atoms with Gasteiger partial charge in [-0.05, 0) is 58.5 Å². The Hall–Kier alpha value is -4.17. The molecule has 0 aromatic heterocycles. The third kappa shape index (κ3) is 5.64. The topological polar surface area (TPSA) is 209 Å². The van der Waals surface area contributed by atoms with E-state index in [0.29, 0.717) is 18.5 Å². The Morgan fingerprint density at radius 1 is 1.16 bits per heavy atom. The zero-order valence-electron chi connectivity index (χ0n) is 24.3. The van der Waals surface area contributed by atoms with Gasteiger partial charge in [0.1, 0.15) is 11.8 Å². The number of ether oxygens (including phenoxy) is 3. The summed E-state index contributed by atoms with van der Waals surface area (Å²) in [5, 5.41) is 42.7. The van der Waals surface area contributed by atoms with Gasteiger partial charge in [0.25, 0.3) is 5.91 Å². The fourth-order valence-electron chi connectivity index (χ4n) is 6.37. The van der Waals surface area contributed by atoms with E-state index in [1.165, 1.54) is 13.0 Å². The number of nitrogens with zero attached hydrogens (tertiary/aromatic N) is 1. The second-order valence-electron chi connectivity index (χ2n) is 11.3. The number of carboxylic acid groups (broad SMARTS) is 2. The lowest BCUT2D eigenvalue weighted by Gasteiger charge is -2.58. The van der Waals surface area contributed by atoms with E-state index in [0.717, 1.165) is 5.56 Å². The van der Waals surface area contributed by atoms with Gasteiger partial charge in [-0.1, -0.05) is 6.07 Å². The summed E-state index contributed by atoms with van der Waals surface area (Å²) >= 11 is 0. The van der Waals surface area contributed by atoms with Crippen LogP contribution in [0.25, 0.3) is 0 Å². The number of phenolic OH excluding ortho intramolecular Hbond substituents is 1. The molecular weight excluding hydrogens is 568 g/mol. The monoisotopic (exact) mass is 604 g/mol. The minimum Gasteiger partial charge on any atom is -0.504 e. The van der Waals surface area contributed by atoms with E-state index in [1.807, 2.05) is 31.1 Å². The van der Waals surface area contributed by atoms with Crippen LogP contribution in [0, 0.1) is 6.92 Å². The zero-order chi connectivity index (χ0) is 31.9. The molecule has 2 aliphatic heterocycles. The van der Waals surface area contributed by atoms with Crippen molar-refractivity contribution in [1.29, 1.82) is 0 Å². The molecule has 234 valence electrons. The number of likely N-dealkylation sites (tertiary alicyclic amines) is 1. The van der Waals surface area contributed by atoms with Gasteiger partial charge in [0, 0.05) is 18.0 Å². The second kappa shape index (κ2) is 11.8. The Balaban J connectivity index is 1.43. The van der Waals surface area contributed by atoms with Gasteiger partial charge in [0.15, 0.2) is 23.7 Å². The quantitative estimate of drug-likeness (QED) is 0.234. The van der Waals surface area contributed by atoms with E-state index in [-0.39, 0.29) is 29.7 Å². The van der Waals surface area contributed by atoms with Crippen LogP contribution in [0.3, 0.4) is 0 Å². The minimum atomic E-state index is -1.71. The number of esters is 2. The molecule has 1 aliphatic carbocycles. The molecule has 1 fully saturated rings. The summed E-state index contributed by atoms with van der Waals surface area (Å²) in [4.78, 5) is 61.4. The van der Waals surface area contributed by atoms with Gasteiger partial charge in [0.05, 0.1) is 30.3 Å². The molecule has 0 radical (unpaired) electrons. The molecule has 0 bridgehead atoms. The Kier molecular flexibility index (Phi) is 8.75. The standard InChI is InChI=1S/C29H36N2O12/c1-14-5-6-18(32)24-23(14)28-11-12-31(4)16(3)29(28,40)10-9-19(25(28)43-24)42-22(36)8-7-21(35)41-15(2)26(37)30-17(27(38)39)13-20(33)34/h5-6,9,15-17,25,32,40H,7-8,10-13H2,1-4H3,(H,30,37)(H,33,34)(H,38,39)/t15-,16+,17-,25-,28-,29+/m0/s1. The van der Waals surface area contributed by atoms with Crippen molar-refractivity contribution >= 4 is 29.8 Å². The number of carboxylic acids is 2. The van der Waals surface area contributed by atoms with Crippen LogP contribution in [0.4, 0.5) is 0 Å². The molecule has 0 unspecified atom stereocenters. The fourth-order valence-corrected chi connectivity index (χ4v) is 6.37. The molecule has 1 saturated heterocycles. The first kappa shape index (κ1) is 31.8. The Morgan fingerprint density at radius 2 is 1.84 bits per heavy atom. The summed E-state index contributed by atoms with van der Waals surface area (Å²) < 4.78 is 16.9. The van der Waals surface area contributed by atoms with Crippen molar-refractivity contribution in [2.24, 2.45) is 0 Å². The number of rotatable bonds is 10. The first-order valence-corrected chi connectivity index (χ1v) is 13.9. The maximum absolute atomic E-state index is 12.9. The third-order valence-electron chi connectivity index (χ3n) is 8.77. The number of aliphatic hydroxyl groups is 1. The number of hydrogen-bond donors (Lipinski definition) is 5. The summed E-state index contributed by atoms with van der Waals surface area (Å²) in [7, 11) is 1.92. The van der Waals surface area contributed by atoms with Gasteiger partial charge in [-0.15, -0.1) is 0 Å². The number of likely N-dealkylation sites (N-methyl/N-ethyl adjacent to an activating group) is 1. The number of piperidine rings is 1. The molecule has 1 amide bonds. The third-order valence-corrected chi connectivity index (χ3v) is 8.77. The Morgan fingerprint density at radius 3 is 2.49 bits per heavy atom. The molecule has 3 aliphatic rings. The Labute approximate surface area is 247 Å². The molecule has 5 N–H and O–H groups in total. The van der Waals surface area contributed by atoms with Crippen molar-refractivity contribution in [1.82, 2.24) is 10.2 Å². The highest BCUT2D eigenvalue weighted by Crippen LogP contribution is 2.62. The van der Waals surface area contributed by atoms with E-state index >= 15 is 0 Å². The van der Waals surface area contributed by atoms with Crippen LogP contribution in [0.5, 0.6) is 11.5 Å². The molecule has 1 aromatic carbocycles. The number of carbonyl (C=O) groups is 5. The molecule has 4 rings (SSSR count). The molecule has 1 spiro atoms. The summed E-state index contributed by atoms with van der Waals surface area (Å²) in [6.45, 7) is 5.57. The smallest absolute Gasteiger partial charge is 0.326 e. The molecule has 2 heterocycles. The van der Waals surface area contributed by atoms with Gasteiger partial charge in [0.2, 0.25) is 0 Å². The SMILES string of the molecule is Cc1ccc(O)c2c1[C@]13CCN(C)[C@H](C)[C@]1(O)CC=C(OC(=O)CCC(=O)O[C@@H](C)C(=O)N[C@@H](CC(=O)O)C(=O)O)[C@@H]3O2. The number of benzene rings is 1. The van der Waals surface area contributed by atoms with Crippen LogP contribution in [-0.4, -0.2) is 98.6 Å².